The highest BCUT2D eigenvalue weighted by Crippen LogP contribution is 2.40. The van der Waals surface area contributed by atoms with Crippen LogP contribution in [0.25, 0.3) is 43.2 Å². The summed E-state index contributed by atoms with van der Waals surface area (Å²) in [7, 11) is 2.54. The average molecular weight is 821 g/mol. The minimum absolute atomic E-state index is 0.108. The number of ether oxygens (including phenoxy) is 2. The second kappa shape index (κ2) is 17.2. The third-order valence-electron chi connectivity index (χ3n) is 11.2. The second-order valence-corrected chi connectivity index (χ2v) is 17.5. The van der Waals surface area contributed by atoms with E-state index in [1.807, 2.05) is 32.6 Å². The number of amides is 4. The largest absolute Gasteiger partial charge is 0.453 e. The van der Waals surface area contributed by atoms with Gasteiger partial charge >= 0.3 is 12.2 Å². The Morgan fingerprint density at radius 2 is 1.41 bits per heavy atom. The monoisotopic (exact) mass is 820 g/mol. The van der Waals surface area contributed by atoms with Crippen LogP contribution in [0.5, 0.6) is 0 Å². The summed E-state index contributed by atoms with van der Waals surface area (Å²) in [4.78, 5) is 77.4. The van der Waals surface area contributed by atoms with Crippen LogP contribution in [0.1, 0.15) is 78.1 Å². The number of hydrogen-bond acceptors (Lipinski definition) is 9. The number of aromatic nitrogens is 4. The number of nitrogens with zero attached hydrogens (tertiary/aromatic N) is 5. The molecule has 2 aliphatic heterocycles. The molecular weight excluding hydrogens is 769 g/mol. The zero-order chi connectivity index (χ0) is 42.1. The molecule has 0 radical (unpaired) electrons. The first-order valence-corrected chi connectivity index (χ1v) is 20.9. The molecule has 7 rings (SSSR count). The molecule has 14 nitrogen and oxygen atoms in total. The molecule has 5 atom stereocenters. The van der Waals surface area contributed by atoms with Crippen molar-refractivity contribution >= 4 is 51.4 Å². The van der Waals surface area contributed by atoms with E-state index in [1.165, 1.54) is 14.2 Å². The van der Waals surface area contributed by atoms with Gasteiger partial charge in [0.15, 0.2) is 0 Å². The van der Waals surface area contributed by atoms with Gasteiger partial charge in [0, 0.05) is 23.9 Å². The molecule has 0 bridgehead atoms. The average Bonchev–Trinajstić information content (AvgIpc) is 4.07. The highest BCUT2D eigenvalue weighted by atomic mass is 32.1. The van der Waals surface area contributed by atoms with Crippen molar-refractivity contribution in [3.8, 4) is 32.8 Å². The van der Waals surface area contributed by atoms with Crippen LogP contribution in [0, 0.1) is 23.7 Å². The topological polar surface area (TPSA) is 175 Å². The van der Waals surface area contributed by atoms with Gasteiger partial charge in [-0.1, -0.05) is 90.1 Å². The molecule has 59 heavy (non-hydrogen) atoms. The number of aromatic amines is 2. The lowest BCUT2D eigenvalue weighted by Crippen LogP contribution is -2.51. The Labute approximate surface area is 347 Å². The van der Waals surface area contributed by atoms with E-state index in [2.05, 4.69) is 88.7 Å². The van der Waals surface area contributed by atoms with Crippen LogP contribution in [0.4, 0.5) is 9.59 Å². The minimum Gasteiger partial charge on any atom is -0.453 e. The van der Waals surface area contributed by atoms with E-state index in [0.29, 0.717) is 24.8 Å². The van der Waals surface area contributed by atoms with Crippen molar-refractivity contribution in [3.05, 3.63) is 72.4 Å². The molecular formula is C44H52N8O6S. The SMILES string of the molecule is COC(=O)N=C(C(=O)N1CC(C)CC1c1ncc(-c2ccc(-c3ccc(-c4cc5[nH]c(C6CC(C)CN6C(=O)C(NC(=O)OC)C(C)C)nc5s4)cc3)cc2)[nH]1)C(C)C. The first kappa shape index (κ1) is 41.3. The summed E-state index contributed by atoms with van der Waals surface area (Å²) in [6.45, 7) is 12.9. The molecule has 0 saturated carbocycles. The molecule has 2 saturated heterocycles. The summed E-state index contributed by atoms with van der Waals surface area (Å²) >= 11 is 1.61. The van der Waals surface area contributed by atoms with Gasteiger partial charge in [0.1, 0.15) is 28.2 Å². The van der Waals surface area contributed by atoms with Crippen molar-refractivity contribution in [2.45, 2.75) is 72.5 Å². The molecule has 5 aromatic rings. The van der Waals surface area contributed by atoms with Crippen LogP contribution in [0.2, 0.25) is 0 Å². The number of methoxy groups -OCH3 is 2. The van der Waals surface area contributed by atoms with E-state index in [-0.39, 0.29) is 47.4 Å². The van der Waals surface area contributed by atoms with Gasteiger partial charge in [0.2, 0.25) is 5.91 Å². The van der Waals surface area contributed by atoms with Gasteiger partial charge < -0.3 is 34.6 Å². The lowest BCUT2D eigenvalue weighted by molar-refractivity contribution is -0.135. The number of carbonyl (C=O) groups is 4. The van der Waals surface area contributed by atoms with Crippen LogP contribution in [0.3, 0.4) is 0 Å². The third-order valence-corrected chi connectivity index (χ3v) is 12.3. The second-order valence-electron chi connectivity index (χ2n) is 16.4. The first-order valence-electron chi connectivity index (χ1n) is 20.1. The number of aliphatic imine (C=N–C) groups is 1. The van der Waals surface area contributed by atoms with E-state index in [4.69, 9.17) is 19.4 Å². The molecule has 0 spiro atoms. The van der Waals surface area contributed by atoms with Crippen LogP contribution >= 0.6 is 11.3 Å². The summed E-state index contributed by atoms with van der Waals surface area (Å²) in [5.41, 5.74) is 6.16. The van der Waals surface area contributed by atoms with Crippen molar-refractivity contribution < 1.29 is 28.7 Å². The van der Waals surface area contributed by atoms with Crippen LogP contribution in [-0.2, 0) is 19.1 Å². The van der Waals surface area contributed by atoms with E-state index in [9.17, 15) is 19.2 Å². The maximum atomic E-state index is 13.7. The molecule has 2 aromatic carbocycles. The molecule has 3 aromatic heterocycles. The summed E-state index contributed by atoms with van der Waals surface area (Å²) in [6.07, 6.45) is 1.92. The molecule has 15 heteroatoms. The van der Waals surface area contributed by atoms with Gasteiger partial charge in [-0.05, 0) is 58.9 Å². The van der Waals surface area contributed by atoms with E-state index >= 15 is 0 Å². The predicted molar refractivity (Wildman–Crippen MR) is 228 cm³/mol. The summed E-state index contributed by atoms with van der Waals surface area (Å²) in [6, 6.07) is 17.7. The first-order chi connectivity index (χ1) is 28.2. The Morgan fingerprint density at radius 3 is 1.98 bits per heavy atom. The molecule has 0 aliphatic carbocycles. The fourth-order valence-corrected chi connectivity index (χ4v) is 9.13. The number of benzene rings is 2. The molecule has 5 unspecified atom stereocenters. The van der Waals surface area contributed by atoms with Crippen molar-refractivity contribution in [1.29, 1.82) is 0 Å². The van der Waals surface area contributed by atoms with Crippen LogP contribution in [-0.4, -0.2) is 92.8 Å². The van der Waals surface area contributed by atoms with E-state index < -0.39 is 18.2 Å². The number of imidazole rings is 2. The van der Waals surface area contributed by atoms with E-state index in [1.54, 1.807) is 22.4 Å². The van der Waals surface area contributed by atoms with Crippen molar-refractivity contribution in [2.24, 2.45) is 28.7 Å². The summed E-state index contributed by atoms with van der Waals surface area (Å²) in [5.74, 6) is 1.24. The van der Waals surface area contributed by atoms with Gasteiger partial charge in [0.05, 0.1) is 43.7 Å². The Bertz CT molecular complexity index is 2330. The minimum atomic E-state index is -0.786. The van der Waals surface area contributed by atoms with Gasteiger partial charge in [-0.3, -0.25) is 9.59 Å². The predicted octanol–water partition coefficient (Wildman–Crippen LogP) is 8.41. The Balaban J connectivity index is 1.02. The highest BCUT2D eigenvalue weighted by Gasteiger charge is 2.41. The van der Waals surface area contributed by atoms with Crippen molar-refractivity contribution in [2.75, 3.05) is 27.3 Å². The van der Waals surface area contributed by atoms with Crippen LogP contribution in [0.15, 0.2) is 65.8 Å². The Hall–Kier alpha value is -5.83. The zero-order valence-electron chi connectivity index (χ0n) is 34.7. The lowest BCUT2D eigenvalue weighted by Gasteiger charge is -2.30. The standard InChI is InChI=1S/C44H52N8O6S/c1-23(2)36(48-43(55)57-7)41(53)51-21-25(5)17-33(51)38-45-20-32(47-38)29-13-9-27(10-14-29)28-11-15-30(16-12-28)35-19-31-40(59-35)50-39(46-31)34-18-26(6)22-52(34)42(54)37(24(3)4)49-44(56)58-8/h9-16,19-20,23-26,33-34,37H,17-18,21-22H2,1-8H3,(H,45,47)(H,46,50)(H,49,56). The molecule has 310 valence electrons. The Kier molecular flexibility index (Phi) is 12.0. The van der Waals surface area contributed by atoms with Gasteiger partial charge in [-0.15, -0.1) is 11.3 Å². The number of nitrogens with one attached hydrogen (secondary N) is 3. The number of thiophene rings is 1. The Morgan fingerprint density at radius 1 is 0.814 bits per heavy atom. The summed E-state index contributed by atoms with van der Waals surface area (Å²) < 4.78 is 9.49. The fourth-order valence-electron chi connectivity index (χ4n) is 8.12. The number of hydrogen-bond donors (Lipinski definition) is 3. The van der Waals surface area contributed by atoms with Crippen molar-refractivity contribution in [1.82, 2.24) is 35.1 Å². The van der Waals surface area contributed by atoms with Gasteiger partial charge in [-0.2, -0.15) is 4.99 Å². The molecule has 4 amide bonds. The number of rotatable bonds is 10. The van der Waals surface area contributed by atoms with Crippen molar-refractivity contribution in [3.63, 3.8) is 0 Å². The third kappa shape index (κ3) is 8.66. The number of H-pyrrole nitrogens is 2. The maximum absolute atomic E-state index is 13.7. The van der Waals surface area contributed by atoms with Gasteiger partial charge in [-0.25, -0.2) is 19.6 Å². The number of carbonyl (C=O) groups excluding carboxylic acids is 4. The van der Waals surface area contributed by atoms with E-state index in [0.717, 1.165) is 61.8 Å². The number of fused-ring (bicyclic) bond motifs is 1. The smallest absolute Gasteiger partial charge is 0.433 e. The number of likely N-dealkylation sites (tertiary alicyclic amines) is 2. The fraction of sp³-hybridized carbons (Fsp3) is 0.432. The number of alkyl carbamates (subject to hydrolysis) is 1. The summed E-state index contributed by atoms with van der Waals surface area (Å²) in [5, 5.41) is 2.72. The zero-order valence-corrected chi connectivity index (χ0v) is 35.6. The lowest BCUT2D eigenvalue weighted by atomic mass is 10.0. The molecule has 5 heterocycles. The van der Waals surface area contributed by atoms with Gasteiger partial charge in [0.25, 0.3) is 5.91 Å². The highest BCUT2D eigenvalue weighted by molar-refractivity contribution is 7.21. The molecule has 3 N–H and O–H groups in total. The van der Waals surface area contributed by atoms with Crippen LogP contribution < -0.4 is 5.32 Å². The quantitative estimate of drug-likeness (QED) is 0.118. The maximum Gasteiger partial charge on any atom is 0.433 e. The molecule has 2 aliphatic rings. The molecule has 2 fully saturated rings. The normalized spacial score (nSPS) is 20.1.